The first-order valence-corrected chi connectivity index (χ1v) is 8.68. The maximum absolute atomic E-state index is 12.1. The van der Waals surface area contributed by atoms with E-state index in [2.05, 4.69) is 45.2 Å². The van der Waals surface area contributed by atoms with E-state index in [9.17, 15) is 4.79 Å². The van der Waals surface area contributed by atoms with Gasteiger partial charge in [0.05, 0.1) is 17.0 Å². The number of nitrogens with one attached hydrogen (secondary N) is 2. The summed E-state index contributed by atoms with van der Waals surface area (Å²) in [6, 6.07) is 14.1. The number of aromatic nitrogens is 3. The van der Waals surface area contributed by atoms with Gasteiger partial charge in [-0.3, -0.25) is 9.89 Å². The maximum atomic E-state index is 12.1. The second-order valence-corrected chi connectivity index (χ2v) is 6.25. The first-order valence-electron chi connectivity index (χ1n) is 7.74. The third kappa shape index (κ3) is 2.51. The fourth-order valence-corrected chi connectivity index (χ4v) is 3.51. The average Bonchev–Trinajstić information content (AvgIpc) is 3.33. The van der Waals surface area contributed by atoms with Crippen LogP contribution in [0.4, 0.5) is 5.82 Å². The normalized spacial score (nSPS) is 11.0. The molecule has 0 aliphatic heterocycles. The van der Waals surface area contributed by atoms with Crippen molar-refractivity contribution < 1.29 is 4.79 Å². The summed E-state index contributed by atoms with van der Waals surface area (Å²) in [6.07, 6.45) is 0. The summed E-state index contributed by atoms with van der Waals surface area (Å²) in [4.78, 5) is 12.1. The lowest BCUT2D eigenvalue weighted by atomic mass is 10.2. The summed E-state index contributed by atoms with van der Waals surface area (Å²) < 4.78 is 2.23. The van der Waals surface area contributed by atoms with Crippen LogP contribution in [0.15, 0.2) is 53.2 Å². The minimum Gasteiger partial charge on any atom is -0.340 e. The Morgan fingerprint density at radius 2 is 2.17 bits per heavy atom. The van der Waals surface area contributed by atoms with Crippen LogP contribution in [0, 0.1) is 0 Å². The minimum atomic E-state index is -0.148. The first-order chi connectivity index (χ1) is 11.8. The van der Waals surface area contributed by atoms with Crippen LogP contribution in [0.1, 0.15) is 17.3 Å². The van der Waals surface area contributed by atoms with E-state index in [1.807, 2.05) is 29.0 Å². The van der Waals surface area contributed by atoms with Crippen LogP contribution in [-0.4, -0.2) is 20.7 Å². The lowest BCUT2D eigenvalue weighted by Gasteiger charge is -2.05. The molecule has 4 rings (SSSR count). The number of benzene rings is 1. The predicted octanol–water partition coefficient (Wildman–Crippen LogP) is 4.37. The topological polar surface area (TPSA) is 62.7 Å². The Morgan fingerprint density at radius 3 is 2.96 bits per heavy atom. The molecule has 0 radical (unpaired) electrons. The van der Waals surface area contributed by atoms with E-state index in [-0.39, 0.29) is 5.91 Å². The van der Waals surface area contributed by atoms with E-state index in [1.54, 1.807) is 6.07 Å². The molecule has 3 aromatic heterocycles. The van der Waals surface area contributed by atoms with Crippen LogP contribution in [0.2, 0.25) is 0 Å². The van der Waals surface area contributed by atoms with Crippen LogP contribution in [0.3, 0.4) is 0 Å². The number of anilines is 1. The van der Waals surface area contributed by atoms with Crippen molar-refractivity contribution in [3.8, 4) is 11.4 Å². The van der Waals surface area contributed by atoms with Gasteiger partial charge in [-0.2, -0.15) is 16.4 Å². The smallest absolute Gasteiger partial charge is 0.257 e. The third-order valence-electron chi connectivity index (χ3n) is 4.01. The molecule has 0 saturated carbocycles. The average molecular weight is 336 g/mol. The third-order valence-corrected chi connectivity index (χ3v) is 4.69. The van der Waals surface area contributed by atoms with Crippen molar-refractivity contribution in [1.29, 1.82) is 0 Å². The summed E-state index contributed by atoms with van der Waals surface area (Å²) >= 11 is 1.50. The van der Waals surface area contributed by atoms with Gasteiger partial charge in [0, 0.05) is 28.9 Å². The van der Waals surface area contributed by atoms with Gasteiger partial charge in [0.1, 0.15) is 0 Å². The van der Waals surface area contributed by atoms with Crippen molar-refractivity contribution in [2.45, 2.75) is 13.5 Å². The molecule has 1 amide bonds. The molecule has 0 fully saturated rings. The summed E-state index contributed by atoms with van der Waals surface area (Å²) in [5.41, 5.74) is 3.77. The Morgan fingerprint density at radius 1 is 1.29 bits per heavy atom. The number of carbonyl (C=O) groups excluding carboxylic acids is 1. The van der Waals surface area contributed by atoms with Crippen molar-refractivity contribution >= 4 is 34.0 Å². The molecule has 0 bridgehead atoms. The highest BCUT2D eigenvalue weighted by Crippen LogP contribution is 2.28. The predicted molar refractivity (Wildman–Crippen MR) is 97.5 cm³/mol. The molecular weight excluding hydrogens is 320 g/mol. The van der Waals surface area contributed by atoms with Gasteiger partial charge in [-0.05, 0) is 30.5 Å². The highest BCUT2D eigenvalue weighted by Gasteiger charge is 2.13. The summed E-state index contributed by atoms with van der Waals surface area (Å²) in [7, 11) is 0. The zero-order valence-electron chi connectivity index (χ0n) is 13.1. The standard InChI is InChI=1S/C18H16N4OS/c1-2-22-15-6-4-3-5-12(15)9-16(22)14-10-17(21-20-14)19-18(23)13-7-8-24-11-13/h3-11H,2H2,1H3,(H2,19,20,21,23). The van der Waals surface area contributed by atoms with Gasteiger partial charge >= 0.3 is 0 Å². The Bertz CT molecular complexity index is 997. The summed E-state index contributed by atoms with van der Waals surface area (Å²) in [5, 5.41) is 15.0. The lowest BCUT2D eigenvalue weighted by Crippen LogP contribution is -2.10. The second-order valence-electron chi connectivity index (χ2n) is 5.47. The van der Waals surface area contributed by atoms with Crippen LogP contribution in [0.25, 0.3) is 22.3 Å². The van der Waals surface area contributed by atoms with E-state index >= 15 is 0 Å². The van der Waals surface area contributed by atoms with Crippen molar-refractivity contribution in [1.82, 2.24) is 14.8 Å². The van der Waals surface area contributed by atoms with Crippen molar-refractivity contribution in [3.05, 3.63) is 58.8 Å². The largest absolute Gasteiger partial charge is 0.340 e. The molecule has 0 unspecified atom stereocenters. The van der Waals surface area contributed by atoms with Gasteiger partial charge < -0.3 is 9.88 Å². The number of nitrogens with zero attached hydrogens (tertiary/aromatic N) is 2. The van der Waals surface area contributed by atoms with Gasteiger partial charge in [-0.1, -0.05) is 18.2 Å². The number of hydrogen-bond acceptors (Lipinski definition) is 3. The van der Waals surface area contributed by atoms with Crippen molar-refractivity contribution in [2.24, 2.45) is 0 Å². The number of para-hydroxylation sites is 1. The zero-order valence-corrected chi connectivity index (χ0v) is 13.9. The van der Waals surface area contributed by atoms with Crippen LogP contribution in [0.5, 0.6) is 0 Å². The molecule has 0 spiro atoms. The van der Waals surface area contributed by atoms with Gasteiger partial charge in [0.15, 0.2) is 5.82 Å². The molecular formula is C18H16N4OS. The van der Waals surface area contributed by atoms with Gasteiger partial charge in [-0.25, -0.2) is 0 Å². The van der Waals surface area contributed by atoms with E-state index < -0.39 is 0 Å². The molecule has 3 heterocycles. The van der Waals surface area contributed by atoms with E-state index in [4.69, 9.17) is 0 Å². The second kappa shape index (κ2) is 5.98. The molecule has 2 N–H and O–H groups in total. The van der Waals surface area contributed by atoms with Gasteiger partial charge in [-0.15, -0.1) is 0 Å². The number of H-pyrrole nitrogens is 1. The molecule has 5 nitrogen and oxygen atoms in total. The number of fused-ring (bicyclic) bond motifs is 1. The number of aromatic amines is 1. The van der Waals surface area contributed by atoms with E-state index in [0.29, 0.717) is 11.4 Å². The molecule has 24 heavy (non-hydrogen) atoms. The molecule has 1 aromatic carbocycles. The number of carbonyl (C=O) groups is 1. The van der Waals surface area contributed by atoms with Crippen LogP contribution < -0.4 is 5.32 Å². The van der Waals surface area contributed by atoms with Crippen LogP contribution in [-0.2, 0) is 6.54 Å². The van der Waals surface area contributed by atoms with E-state index in [1.165, 1.54) is 22.2 Å². The molecule has 120 valence electrons. The zero-order chi connectivity index (χ0) is 16.5. The van der Waals surface area contributed by atoms with Crippen molar-refractivity contribution in [3.63, 3.8) is 0 Å². The number of hydrogen-bond donors (Lipinski definition) is 2. The monoisotopic (exact) mass is 336 g/mol. The molecule has 0 saturated heterocycles. The lowest BCUT2D eigenvalue weighted by molar-refractivity contribution is 0.102. The number of aryl methyl sites for hydroxylation is 1. The van der Waals surface area contributed by atoms with Crippen molar-refractivity contribution in [2.75, 3.05) is 5.32 Å². The summed E-state index contributed by atoms with van der Waals surface area (Å²) in [6.45, 7) is 2.98. The molecule has 0 aliphatic rings. The van der Waals surface area contributed by atoms with Gasteiger partial charge in [0.25, 0.3) is 5.91 Å². The maximum Gasteiger partial charge on any atom is 0.257 e. The Kier molecular flexibility index (Phi) is 3.66. The minimum absolute atomic E-state index is 0.148. The highest BCUT2D eigenvalue weighted by molar-refractivity contribution is 7.08. The molecule has 0 aliphatic carbocycles. The fourth-order valence-electron chi connectivity index (χ4n) is 2.87. The first kappa shape index (κ1) is 14.7. The number of rotatable bonds is 4. The number of amides is 1. The van der Waals surface area contributed by atoms with Crippen LogP contribution >= 0.6 is 11.3 Å². The Labute approximate surface area is 142 Å². The highest BCUT2D eigenvalue weighted by atomic mass is 32.1. The fraction of sp³-hybridized carbons (Fsp3) is 0.111. The molecule has 0 atom stereocenters. The number of thiophene rings is 1. The van der Waals surface area contributed by atoms with Gasteiger partial charge in [0.2, 0.25) is 0 Å². The Hall–Kier alpha value is -2.86. The molecule has 6 heteroatoms. The Balaban J connectivity index is 1.66. The summed E-state index contributed by atoms with van der Waals surface area (Å²) in [5.74, 6) is 0.374. The quantitative estimate of drug-likeness (QED) is 0.581. The SMILES string of the molecule is CCn1c(-c2cc(NC(=O)c3ccsc3)n[nH]2)cc2ccccc21. The van der Waals surface area contributed by atoms with E-state index in [0.717, 1.165) is 17.9 Å². The molecule has 4 aromatic rings.